The molecule has 0 aromatic heterocycles. The van der Waals surface area contributed by atoms with Gasteiger partial charge in [0.25, 0.3) is 0 Å². The van der Waals surface area contributed by atoms with Crippen molar-refractivity contribution in [1.82, 2.24) is 10.2 Å². The van der Waals surface area contributed by atoms with Crippen molar-refractivity contribution < 1.29 is 9.59 Å². The van der Waals surface area contributed by atoms with Crippen molar-refractivity contribution in [3.8, 4) is 0 Å². The summed E-state index contributed by atoms with van der Waals surface area (Å²) in [7, 11) is 0. The van der Waals surface area contributed by atoms with E-state index in [4.69, 9.17) is 0 Å². The van der Waals surface area contributed by atoms with Gasteiger partial charge in [-0.25, -0.2) is 0 Å². The van der Waals surface area contributed by atoms with E-state index in [1.54, 1.807) is 11.8 Å². The van der Waals surface area contributed by atoms with Gasteiger partial charge in [-0.05, 0) is 39.2 Å². The van der Waals surface area contributed by atoms with Gasteiger partial charge in [-0.3, -0.25) is 9.59 Å². The van der Waals surface area contributed by atoms with Crippen LogP contribution >= 0.6 is 0 Å². The molecule has 1 aromatic rings. The summed E-state index contributed by atoms with van der Waals surface area (Å²) in [5.41, 5.74) is 1.17. The summed E-state index contributed by atoms with van der Waals surface area (Å²) in [6, 6.07) is 9.67. The van der Waals surface area contributed by atoms with Crippen LogP contribution in [0.25, 0.3) is 0 Å². The molecule has 2 amide bonds. The van der Waals surface area contributed by atoms with Gasteiger partial charge in [0.2, 0.25) is 11.8 Å². The molecule has 0 saturated carbocycles. The molecule has 0 radical (unpaired) electrons. The maximum absolute atomic E-state index is 12.3. The van der Waals surface area contributed by atoms with Crippen LogP contribution in [0.15, 0.2) is 30.3 Å². The molecule has 1 rings (SSSR count). The van der Waals surface area contributed by atoms with Crippen molar-refractivity contribution in [3.05, 3.63) is 35.9 Å². The maximum Gasteiger partial charge on any atom is 0.242 e. The van der Waals surface area contributed by atoms with Crippen LogP contribution < -0.4 is 5.32 Å². The molecule has 0 saturated heterocycles. The number of carbonyl (C=O) groups excluding carboxylic acids is 2. The van der Waals surface area contributed by atoms with Crippen molar-refractivity contribution in [2.24, 2.45) is 0 Å². The second-order valence-corrected chi connectivity index (χ2v) is 5.91. The van der Waals surface area contributed by atoms with Crippen molar-refractivity contribution >= 4 is 11.8 Å². The molecular weight excluding hydrogens is 276 g/mol. The van der Waals surface area contributed by atoms with E-state index in [1.165, 1.54) is 5.56 Å². The van der Waals surface area contributed by atoms with Gasteiger partial charge in [-0.2, -0.15) is 0 Å². The molecule has 22 heavy (non-hydrogen) atoms. The Morgan fingerprint density at radius 3 is 2.32 bits per heavy atom. The highest BCUT2D eigenvalue weighted by molar-refractivity contribution is 5.87. The van der Waals surface area contributed by atoms with Gasteiger partial charge in [0.15, 0.2) is 0 Å². The Balaban J connectivity index is 2.74. The maximum atomic E-state index is 12.3. The van der Waals surface area contributed by atoms with Gasteiger partial charge in [0.1, 0.15) is 6.04 Å². The number of amides is 2. The smallest absolute Gasteiger partial charge is 0.242 e. The number of nitrogens with zero attached hydrogens (tertiary/aromatic N) is 1. The number of carbonyl (C=O) groups is 2. The third kappa shape index (κ3) is 5.88. The average Bonchev–Trinajstić information content (AvgIpc) is 2.48. The first-order valence-corrected chi connectivity index (χ1v) is 8.09. The average molecular weight is 304 g/mol. The van der Waals surface area contributed by atoms with Crippen molar-refractivity contribution in [3.63, 3.8) is 0 Å². The SMILES string of the molecule is CCCC(=O)N(CCc1ccccc1)[C@H](C)C(=O)NC(C)C. The van der Waals surface area contributed by atoms with E-state index in [0.29, 0.717) is 13.0 Å². The predicted octanol–water partition coefficient (Wildman–Crippen LogP) is 2.77. The molecule has 0 heterocycles. The second-order valence-electron chi connectivity index (χ2n) is 5.91. The largest absolute Gasteiger partial charge is 0.352 e. The summed E-state index contributed by atoms with van der Waals surface area (Å²) >= 11 is 0. The molecule has 0 unspecified atom stereocenters. The molecule has 0 aliphatic carbocycles. The first-order chi connectivity index (χ1) is 10.5. The fourth-order valence-corrected chi connectivity index (χ4v) is 2.33. The van der Waals surface area contributed by atoms with Crippen LogP contribution in [0.5, 0.6) is 0 Å². The Kier molecular flexibility index (Phi) is 7.64. The predicted molar refractivity (Wildman–Crippen MR) is 89.5 cm³/mol. The topological polar surface area (TPSA) is 49.4 Å². The minimum absolute atomic E-state index is 0.0461. The Bertz CT molecular complexity index is 471. The Hall–Kier alpha value is -1.84. The Morgan fingerprint density at radius 2 is 1.77 bits per heavy atom. The van der Waals surface area contributed by atoms with Gasteiger partial charge in [-0.15, -0.1) is 0 Å². The summed E-state index contributed by atoms with van der Waals surface area (Å²) in [6.07, 6.45) is 2.03. The van der Waals surface area contributed by atoms with E-state index in [2.05, 4.69) is 5.32 Å². The first kappa shape index (κ1) is 18.2. The fourth-order valence-electron chi connectivity index (χ4n) is 2.33. The van der Waals surface area contributed by atoms with E-state index in [-0.39, 0.29) is 17.9 Å². The third-order valence-corrected chi connectivity index (χ3v) is 3.55. The molecule has 4 heteroatoms. The highest BCUT2D eigenvalue weighted by Crippen LogP contribution is 2.08. The highest BCUT2D eigenvalue weighted by Gasteiger charge is 2.25. The zero-order valence-corrected chi connectivity index (χ0v) is 14.1. The van der Waals surface area contributed by atoms with Crippen molar-refractivity contribution in [1.29, 1.82) is 0 Å². The molecular formula is C18H28N2O2. The van der Waals surface area contributed by atoms with Crippen molar-refractivity contribution in [2.75, 3.05) is 6.54 Å². The standard InChI is InChI=1S/C18H28N2O2/c1-5-9-17(21)20(15(4)18(22)19-14(2)3)13-12-16-10-7-6-8-11-16/h6-8,10-11,14-15H,5,9,12-13H2,1-4H3,(H,19,22)/t15-/m1/s1. The second kappa shape index (κ2) is 9.23. The molecule has 122 valence electrons. The van der Waals surface area contributed by atoms with Gasteiger partial charge in [-0.1, -0.05) is 37.3 Å². The summed E-state index contributed by atoms with van der Waals surface area (Å²) in [4.78, 5) is 26.3. The summed E-state index contributed by atoms with van der Waals surface area (Å²) < 4.78 is 0. The van der Waals surface area contributed by atoms with Gasteiger partial charge < -0.3 is 10.2 Å². The van der Waals surface area contributed by atoms with Gasteiger partial charge in [0.05, 0.1) is 0 Å². The summed E-state index contributed by atoms with van der Waals surface area (Å²) in [5, 5.41) is 2.89. The third-order valence-electron chi connectivity index (χ3n) is 3.55. The zero-order chi connectivity index (χ0) is 16.5. The minimum Gasteiger partial charge on any atom is -0.352 e. The van der Waals surface area contributed by atoms with E-state index in [9.17, 15) is 9.59 Å². The molecule has 0 spiro atoms. The van der Waals surface area contributed by atoms with Crippen LogP contribution in [-0.4, -0.2) is 35.3 Å². The van der Waals surface area contributed by atoms with E-state index in [0.717, 1.165) is 12.8 Å². The van der Waals surface area contributed by atoms with E-state index < -0.39 is 6.04 Å². The van der Waals surface area contributed by atoms with Gasteiger partial charge >= 0.3 is 0 Å². The summed E-state index contributed by atoms with van der Waals surface area (Å²) in [6.45, 7) is 8.19. The quantitative estimate of drug-likeness (QED) is 0.803. The van der Waals surface area contributed by atoms with Crippen LogP contribution in [0.2, 0.25) is 0 Å². The first-order valence-electron chi connectivity index (χ1n) is 8.09. The number of hydrogen-bond acceptors (Lipinski definition) is 2. The lowest BCUT2D eigenvalue weighted by molar-refractivity contribution is -0.140. The minimum atomic E-state index is -0.440. The van der Waals surface area contributed by atoms with Crippen LogP contribution in [0, 0.1) is 0 Å². The lowest BCUT2D eigenvalue weighted by atomic mass is 10.1. The summed E-state index contributed by atoms with van der Waals surface area (Å²) in [5.74, 6) is -0.0441. The zero-order valence-electron chi connectivity index (χ0n) is 14.1. The number of hydrogen-bond donors (Lipinski definition) is 1. The van der Waals surface area contributed by atoms with Crippen molar-refractivity contribution in [2.45, 2.75) is 59.0 Å². The normalized spacial score (nSPS) is 12.0. The van der Waals surface area contributed by atoms with Crippen LogP contribution in [0.4, 0.5) is 0 Å². The fraction of sp³-hybridized carbons (Fsp3) is 0.556. The van der Waals surface area contributed by atoms with Gasteiger partial charge in [0, 0.05) is 19.0 Å². The van der Waals surface area contributed by atoms with Crippen LogP contribution in [-0.2, 0) is 16.0 Å². The molecule has 0 aliphatic heterocycles. The Labute approximate surface area is 133 Å². The molecule has 1 aromatic carbocycles. The van der Waals surface area contributed by atoms with E-state index in [1.807, 2.05) is 51.1 Å². The molecule has 4 nitrogen and oxygen atoms in total. The molecule has 1 atom stereocenters. The number of rotatable bonds is 8. The molecule has 0 aliphatic rings. The lowest BCUT2D eigenvalue weighted by Crippen LogP contribution is -2.50. The Morgan fingerprint density at radius 1 is 1.14 bits per heavy atom. The number of benzene rings is 1. The van der Waals surface area contributed by atoms with E-state index >= 15 is 0 Å². The lowest BCUT2D eigenvalue weighted by Gasteiger charge is -2.29. The monoisotopic (exact) mass is 304 g/mol. The highest BCUT2D eigenvalue weighted by atomic mass is 16.2. The molecule has 0 fully saturated rings. The van der Waals surface area contributed by atoms with Crippen LogP contribution in [0.3, 0.4) is 0 Å². The molecule has 0 bridgehead atoms. The number of nitrogens with one attached hydrogen (secondary N) is 1. The van der Waals surface area contributed by atoms with Crippen LogP contribution in [0.1, 0.15) is 46.1 Å². The molecule has 1 N–H and O–H groups in total.